The Labute approximate surface area is 129 Å². The van der Waals surface area contributed by atoms with Gasteiger partial charge in [-0.2, -0.15) is 5.26 Å². The molecular formula is C19H17N3. The molecule has 3 nitrogen and oxygen atoms in total. The van der Waals surface area contributed by atoms with E-state index in [0.29, 0.717) is 5.92 Å². The Morgan fingerprint density at radius 2 is 2.09 bits per heavy atom. The normalized spacial score (nSPS) is 18.1. The first-order chi connectivity index (χ1) is 10.7. The van der Waals surface area contributed by atoms with Crippen LogP contribution in [-0.4, -0.2) is 23.5 Å². The molecule has 2 heterocycles. The van der Waals surface area contributed by atoms with E-state index < -0.39 is 0 Å². The van der Waals surface area contributed by atoms with Gasteiger partial charge in [-0.1, -0.05) is 12.1 Å². The molecule has 1 atom stereocenters. The Morgan fingerprint density at radius 3 is 2.95 bits per heavy atom. The van der Waals surface area contributed by atoms with E-state index >= 15 is 0 Å². The number of likely N-dealkylation sites (N-methyl/N-ethyl adjacent to an activating group) is 1. The van der Waals surface area contributed by atoms with Gasteiger partial charge in [-0.3, -0.25) is 0 Å². The van der Waals surface area contributed by atoms with Crippen molar-refractivity contribution in [3.8, 4) is 6.07 Å². The molecule has 0 aliphatic carbocycles. The van der Waals surface area contributed by atoms with Gasteiger partial charge in [-0.25, -0.2) is 0 Å². The molecule has 0 fully saturated rings. The molecule has 4 rings (SSSR count). The molecule has 0 saturated carbocycles. The van der Waals surface area contributed by atoms with Crippen molar-refractivity contribution in [1.29, 1.82) is 5.26 Å². The molecule has 108 valence electrons. The van der Waals surface area contributed by atoms with Gasteiger partial charge in [0.05, 0.1) is 11.6 Å². The van der Waals surface area contributed by atoms with Crippen LogP contribution in [0.15, 0.2) is 48.7 Å². The number of nitrogens with one attached hydrogen (secondary N) is 1. The lowest BCUT2D eigenvalue weighted by molar-refractivity contribution is 0.295. The van der Waals surface area contributed by atoms with Crippen LogP contribution in [0.5, 0.6) is 0 Å². The Kier molecular flexibility index (Phi) is 2.99. The molecule has 1 aromatic heterocycles. The van der Waals surface area contributed by atoms with E-state index in [-0.39, 0.29) is 0 Å². The van der Waals surface area contributed by atoms with E-state index in [1.54, 1.807) is 0 Å². The highest BCUT2D eigenvalue weighted by atomic mass is 15.1. The first-order valence-corrected chi connectivity index (χ1v) is 7.53. The quantitative estimate of drug-likeness (QED) is 0.743. The number of H-pyrrole nitrogens is 1. The van der Waals surface area contributed by atoms with Gasteiger partial charge in [0.1, 0.15) is 0 Å². The monoisotopic (exact) mass is 287 g/mol. The number of aromatic nitrogens is 1. The van der Waals surface area contributed by atoms with Gasteiger partial charge in [0.2, 0.25) is 0 Å². The zero-order valence-corrected chi connectivity index (χ0v) is 12.5. The highest BCUT2D eigenvalue weighted by molar-refractivity contribution is 5.80. The summed E-state index contributed by atoms with van der Waals surface area (Å²) in [5.74, 6) is 0.362. The molecule has 1 aliphatic heterocycles. The third kappa shape index (κ3) is 2.09. The fourth-order valence-corrected chi connectivity index (χ4v) is 3.49. The fraction of sp³-hybridized carbons (Fsp3) is 0.211. The summed E-state index contributed by atoms with van der Waals surface area (Å²) >= 11 is 0. The Hall–Kier alpha value is -2.57. The average molecular weight is 287 g/mol. The first-order valence-electron chi connectivity index (χ1n) is 7.53. The number of hydrogen-bond acceptors (Lipinski definition) is 2. The third-order valence-corrected chi connectivity index (χ3v) is 4.56. The molecule has 1 unspecified atom stereocenters. The number of fused-ring (bicyclic) bond motifs is 2. The van der Waals surface area contributed by atoms with Crippen LogP contribution in [-0.2, 0) is 6.54 Å². The van der Waals surface area contributed by atoms with Gasteiger partial charge in [0.15, 0.2) is 0 Å². The molecule has 0 spiro atoms. The van der Waals surface area contributed by atoms with Gasteiger partial charge in [0, 0.05) is 30.7 Å². The number of aromatic amines is 1. The van der Waals surface area contributed by atoms with Crippen molar-refractivity contribution >= 4 is 10.9 Å². The SMILES string of the molecule is CN1Cc2cc(C#N)ccc2C(c2ccc3[nH]ccc3c2)C1. The van der Waals surface area contributed by atoms with E-state index in [1.165, 1.54) is 27.6 Å². The molecule has 0 saturated heterocycles. The van der Waals surface area contributed by atoms with Crippen molar-refractivity contribution in [1.82, 2.24) is 9.88 Å². The van der Waals surface area contributed by atoms with Crippen LogP contribution in [0.4, 0.5) is 0 Å². The summed E-state index contributed by atoms with van der Waals surface area (Å²) in [5.41, 5.74) is 5.88. The molecule has 3 heteroatoms. The number of nitriles is 1. The van der Waals surface area contributed by atoms with Gasteiger partial charge in [-0.15, -0.1) is 0 Å². The predicted molar refractivity (Wildman–Crippen MR) is 87.6 cm³/mol. The van der Waals surface area contributed by atoms with E-state index in [2.05, 4.69) is 53.3 Å². The summed E-state index contributed by atoms with van der Waals surface area (Å²) in [6, 6.07) is 17.1. The molecule has 1 aliphatic rings. The maximum atomic E-state index is 9.12. The maximum Gasteiger partial charge on any atom is 0.0991 e. The smallest absolute Gasteiger partial charge is 0.0991 e. The van der Waals surface area contributed by atoms with Crippen LogP contribution in [0.25, 0.3) is 10.9 Å². The zero-order valence-electron chi connectivity index (χ0n) is 12.5. The van der Waals surface area contributed by atoms with E-state index in [0.717, 1.165) is 18.7 Å². The van der Waals surface area contributed by atoms with Crippen molar-refractivity contribution in [2.75, 3.05) is 13.6 Å². The van der Waals surface area contributed by atoms with Crippen molar-refractivity contribution < 1.29 is 0 Å². The zero-order chi connectivity index (χ0) is 15.1. The van der Waals surface area contributed by atoms with Gasteiger partial charge in [0.25, 0.3) is 0 Å². The number of nitrogens with zero attached hydrogens (tertiary/aromatic N) is 2. The van der Waals surface area contributed by atoms with E-state index in [4.69, 9.17) is 5.26 Å². The molecular weight excluding hydrogens is 270 g/mol. The lowest BCUT2D eigenvalue weighted by Gasteiger charge is -2.32. The lowest BCUT2D eigenvalue weighted by Crippen LogP contribution is -2.31. The summed E-state index contributed by atoms with van der Waals surface area (Å²) in [5, 5.41) is 10.4. The first kappa shape index (κ1) is 13.1. The number of benzene rings is 2. The maximum absolute atomic E-state index is 9.12. The molecule has 1 N–H and O–H groups in total. The molecule has 2 aromatic carbocycles. The minimum atomic E-state index is 0.362. The van der Waals surface area contributed by atoms with Gasteiger partial charge in [-0.05, 0) is 59.5 Å². The van der Waals surface area contributed by atoms with Crippen LogP contribution in [0.2, 0.25) is 0 Å². The van der Waals surface area contributed by atoms with E-state index in [1.807, 2.05) is 18.3 Å². The van der Waals surface area contributed by atoms with Crippen LogP contribution in [0.1, 0.15) is 28.2 Å². The predicted octanol–water partition coefficient (Wildman–Crippen LogP) is 3.62. The van der Waals surface area contributed by atoms with Crippen LogP contribution >= 0.6 is 0 Å². The molecule has 3 aromatic rings. The molecule has 0 radical (unpaired) electrons. The second-order valence-corrected chi connectivity index (χ2v) is 6.10. The summed E-state index contributed by atoms with van der Waals surface area (Å²) in [6.45, 7) is 1.92. The highest BCUT2D eigenvalue weighted by Gasteiger charge is 2.25. The number of hydrogen-bond donors (Lipinski definition) is 1. The lowest BCUT2D eigenvalue weighted by atomic mass is 9.84. The van der Waals surface area contributed by atoms with Crippen LogP contribution in [0.3, 0.4) is 0 Å². The topological polar surface area (TPSA) is 42.8 Å². The Balaban J connectivity index is 1.83. The largest absolute Gasteiger partial charge is 0.361 e. The van der Waals surface area contributed by atoms with Crippen LogP contribution in [0, 0.1) is 11.3 Å². The van der Waals surface area contributed by atoms with Gasteiger partial charge >= 0.3 is 0 Å². The minimum Gasteiger partial charge on any atom is -0.361 e. The fourth-order valence-electron chi connectivity index (χ4n) is 3.49. The van der Waals surface area contributed by atoms with Crippen molar-refractivity contribution in [3.05, 3.63) is 70.9 Å². The van der Waals surface area contributed by atoms with Crippen molar-refractivity contribution in [2.45, 2.75) is 12.5 Å². The van der Waals surface area contributed by atoms with E-state index in [9.17, 15) is 0 Å². The highest BCUT2D eigenvalue weighted by Crippen LogP contribution is 2.34. The Morgan fingerprint density at radius 1 is 1.18 bits per heavy atom. The number of rotatable bonds is 1. The average Bonchev–Trinajstić information content (AvgIpc) is 3.00. The van der Waals surface area contributed by atoms with Crippen molar-refractivity contribution in [2.24, 2.45) is 0 Å². The molecule has 22 heavy (non-hydrogen) atoms. The summed E-state index contributed by atoms with van der Waals surface area (Å²) in [7, 11) is 2.14. The van der Waals surface area contributed by atoms with Crippen LogP contribution < -0.4 is 0 Å². The summed E-state index contributed by atoms with van der Waals surface area (Å²) in [6.07, 6.45) is 1.98. The Bertz CT molecular complexity index is 885. The molecule has 0 bridgehead atoms. The molecule has 0 amide bonds. The third-order valence-electron chi connectivity index (χ3n) is 4.56. The summed E-state index contributed by atoms with van der Waals surface area (Å²) < 4.78 is 0. The van der Waals surface area contributed by atoms with Gasteiger partial charge < -0.3 is 9.88 Å². The minimum absolute atomic E-state index is 0.362. The second kappa shape index (κ2) is 5.01. The second-order valence-electron chi connectivity index (χ2n) is 6.10. The van der Waals surface area contributed by atoms with Crippen molar-refractivity contribution in [3.63, 3.8) is 0 Å². The standard InChI is InChI=1S/C19H17N3/c1-22-11-16-8-13(10-20)2-4-17(16)18(12-22)14-3-5-19-15(9-14)6-7-21-19/h2-9,18,21H,11-12H2,1H3. The summed E-state index contributed by atoms with van der Waals surface area (Å²) in [4.78, 5) is 5.58.